The van der Waals surface area contributed by atoms with Crippen LogP contribution in [0.25, 0.3) is 6.08 Å². The molecule has 6 rings (SSSR count). The van der Waals surface area contributed by atoms with Gasteiger partial charge in [-0.15, -0.1) is 23.1 Å². The van der Waals surface area contributed by atoms with Crippen molar-refractivity contribution in [2.75, 3.05) is 30.0 Å². The Bertz CT molecular complexity index is 2120. The first-order chi connectivity index (χ1) is 25.2. The minimum atomic E-state index is -0.511. The zero-order chi connectivity index (χ0) is 36.5. The summed E-state index contributed by atoms with van der Waals surface area (Å²) in [7, 11) is 1.35. The molecule has 2 heterocycles. The number of rotatable bonds is 12. The Hall–Kier alpha value is -5.01. The maximum absolute atomic E-state index is 13.5. The molecule has 0 bridgehead atoms. The van der Waals surface area contributed by atoms with Crippen molar-refractivity contribution in [1.82, 2.24) is 10.2 Å². The predicted molar refractivity (Wildman–Crippen MR) is 210 cm³/mol. The van der Waals surface area contributed by atoms with Gasteiger partial charge >= 0.3 is 5.97 Å². The molecule has 0 saturated carbocycles. The molecule has 0 aliphatic carbocycles. The third-order valence-corrected chi connectivity index (χ3v) is 10.8. The number of esters is 1. The third-order valence-electron chi connectivity index (χ3n) is 8.18. The number of thioether (sulfide) groups is 1. The van der Waals surface area contributed by atoms with Gasteiger partial charge in [0.1, 0.15) is 10.7 Å². The topological polar surface area (TPSA) is 117 Å². The van der Waals surface area contributed by atoms with Crippen molar-refractivity contribution in [1.29, 1.82) is 0 Å². The second-order valence-electron chi connectivity index (χ2n) is 11.9. The molecule has 264 valence electrons. The monoisotopic (exact) mass is 794 g/mol. The number of ether oxygens (including phenoxy) is 1. The van der Waals surface area contributed by atoms with Crippen LogP contribution in [-0.2, 0) is 33.8 Å². The Kier molecular flexibility index (Phi) is 12.4. The summed E-state index contributed by atoms with van der Waals surface area (Å²) in [5.74, 6) is -1.59. The molecule has 0 unspecified atom stereocenters. The van der Waals surface area contributed by atoms with Crippen molar-refractivity contribution in [2.24, 2.45) is 0 Å². The van der Waals surface area contributed by atoms with Gasteiger partial charge in [0.05, 0.1) is 18.4 Å². The number of halogens is 1. The highest BCUT2D eigenvalue weighted by molar-refractivity contribution is 9.10. The predicted octanol–water partition coefficient (Wildman–Crippen LogP) is 8.00. The van der Waals surface area contributed by atoms with E-state index < -0.39 is 17.8 Å². The first kappa shape index (κ1) is 36.8. The van der Waals surface area contributed by atoms with Gasteiger partial charge in [0.15, 0.2) is 0 Å². The zero-order valence-electron chi connectivity index (χ0n) is 28.2. The van der Waals surface area contributed by atoms with Crippen LogP contribution in [0.15, 0.2) is 124 Å². The fourth-order valence-corrected chi connectivity index (χ4v) is 8.18. The molecule has 1 aliphatic heterocycles. The van der Waals surface area contributed by atoms with E-state index >= 15 is 0 Å². The molecule has 3 amide bonds. The second kappa shape index (κ2) is 17.5. The number of nitrogens with zero attached hydrogens (tertiary/aromatic N) is 1. The van der Waals surface area contributed by atoms with Crippen LogP contribution in [0.5, 0.6) is 0 Å². The molecule has 5 aromatic rings. The largest absolute Gasteiger partial charge is 0.465 e. The molecule has 1 aromatic heterocycles. The number of carbonyl (C=O) groups is 4. The molecular weight excluding hydrogens is 761 g/mol. The molecule has 0 saturated heterocycles. The normalized spacial score (nSPS) is 12.8. The van der Waals surface area contributed by atoms with E-state index in [-0.39, 0.29) is 17.4 Å². The van der Waals surface area contributed by atoms with Crippen LogP contribution in [0.3, 0.4) is 0 Å². The van der Waals surface area contributed by atoms with Crippen molar-refractivity contribution >= 4 is 79.5 Å². The molecule has 3 N–H and O–H groups in total. The minimum absolute atomic E-state index is 0.0626. The number of amides is 3. The van der Waals surface area contributed by atoms with E-state index in [1.165, 1.54) is 35.8 Å². The van der Waals surface area contributed by atoms with E-state index in [1.54, 1.807) is 48.5 Å². The van der Waals surface area contributed by atoms with E-state index in [0.717, 1.165) is 38.5 Å². The lowest BCUT2D eigenvalue weighted by molar-refractivity contribution is -0.114. The number of anilines is 2. The maximum atomic E-state index is 13.5. The van der Waals surface area contributed by atoms with Crippen LogP contribution in [0.4, 0.5) is 10.7 Å². The lowest BCUT2D eigenvalue weighted by atomic mass is 10.0. The van der Waals surface area contributed by atoms with Crippen LogP contribution in [0.1, 0.15) is 42.3 Å². The average molecular weight is 796 g/mol. The van der Waals surface area contributed by atoms with Crippen LogP contribution >= 0.6 is 39.0 Å². The smallest absolute Gasteiger partial charge is 0.341 e. The Morgan fingerprint density at radius 3 is 2.40 bits per heavy atom. The van der Waals surface area contributed by atoms with Crippen LogP contribution in [-0.4, -0.2) is 48.0 Å². The molecular formula is C40H35BrN4O5S2. The Labute approximate surface area is 318 Å². The van der Waals surface area contributed by atoms with Crippen molar-refractivity contribution in [3.63, 3.8) is 0 Å². The summed E-state index contributed by atoms with van der Waals surface area (Å²) in [6.45, 7) is 2.27. The first-order valence-corrected chi connectivity index (χ1v) is 19.0. The molecule has 0 spiro atoms. The Morgan fingerprint density at radius 1 is 0.904 bits per heavy atom. The van der Waals surface area contributed by atoms with Gasteiger partial charge in [-0.25, -0.2) is 4.79 Å². The highest BCUT2D eigenvalue weighted by atomic mass is 79.9. The second-order valence-corrected chi connectivity index (χ2v) is 15.0. The molecule has 12 heteroatoms. The standard InChI is InChI=1S/C40H35BrN4O5S2/c1-50-40(49)36-32-18-19-45(23-26-10-4-2-5-11-26)24-34(32)52-39(36)44-35(46)25-51-31-17-9-16-30(22-31)42-38(48)33(21-27-12-8-15-29(41)20-27)43-37(47)28-13-6-3-7-14-28/h2-17,20-22H,18-19,23-25H2,1H3,(H,42,48)(H,43,47)(H,44,46)/b33-21+. The molecule has 9 nitrogen and oxygen atoms in total. The maximum Gasteiger partial charge on any atom is 0.341 e. The fraction of sp³-hybridized carbons (Fsp3) is 0.150. The summed E-state index contributed by atoms with van der Waals surface area (Å²) in [5, 5.41) is 9.07. The SMILES string of the molecule is COC(=O)c1c(NC(=O)CSc2cccc(NC(=O)/C(=C\c3cccc(Br)c3)NC(=O)c3ccccc3)c2)sc2c1CCN(Cc1ccccc1)C2. The van der Waals surface area contributed by atoms with Gasteiger partial charge in [-0.2, -0.15) is 0 Å². The molecule has 0 radical (unpaired) electrons. The lowest BCUT2D eigenvalue weighted by Gasteiger charge is -2.27. The molecule has 0 fully saturated rings. The number of fused-ring (bicyclic) bond motifs is 1. The van der Waals surface area contributed by atoms with Gasteiger partial charge in [-0.1, -0.05) is 82.7 Å². The number of carbonyl (C=O) groups excluding carboxylic acids is 4. The molecule has 1 aliphatic rings. The van der Waals surface area contributed by atoms with E-state index in [9.17, 15) is 19.2 Å². The fourth-order valence-electron chi connectivity index (χ4n) is 5.72. The highest BCUT2D eigenvalue weighted by Crippen LogP contribution is 2.38. The minimum Gasteiger partial charge on any atom is -0.465 e. The van der Waals surface area contributed by atoms with Gasteiger partial charge < -0.3 is 20.7 Å². The number of nitrogens with one attached hydrogen (secondary N) is 3. The van der Waals surface area contributed by atoms with Crippen LogP contribution in [0.2, 0.25) is 0 Å². The molecule has 4 aromatic carbocycles. The van der Waals surface area contributed by atoms with Crippen molar-refractivity contribution in [3.8, 4) is 0 Å². The number of hydrogen-bond acceptors (Lipinski definition) is 8. The van der Waals surface area contributed by atoms with E-state index in [1.807, 2.05) is 54.6 Å². The first-order valence-electron chi connectivity index (χ1n) is 16.4. The van der Waals surface area contributed by atoms with Crippen LogP contribution < -0.4 is 16.0 Å². The molecule has 0 atom stereocenters. The highest BCUT2D eigenvalue weighted by Gasteiger charge is 2.29. The summed E-state index contributed by atoms with van der Waals surface area (Å²) in [5.41, 5.74) is 4.26. The average Bonchev–Trinajstić information content (AvgIpc) is 3.51. The summed E-state index contributed by atoms with van der Waals surface area (Å²) in [4.78, 5) is 56.8. The quantitative estimate of drug-likeness (QED) is 0.0666. The third kappa shape index (κ3) is 9.65. The number of methoxy groups -OCH3 is 1. The lowest BCUT2D eigenvalue weighted by Crippen LogP contribution is -2.30. The van der Waals surface area contributed by atoms with Gasteiger partial charge in [0.25, 0.3) is 11.8 Å². The molecule has 52 heavy (non-hydrogen) atoms. The summed E-state index contributed by atoms with van der Waals surface area (Å²) in [6, 6.07) is 33.4. The Morgan fingerprint density at radius 2 is 1.65 bits per heavy atom. The van der Waals surface area contributed by atoms with Gasteiger partial charge in [-0.05, 0) is 71.7 Å². The van der Waals surface area contributed by atoms with Gasteiger partial charge in [0.2, 0.25) is 5.91 Å². The van der Waals surface area contributed by atoms with Crippen LogP contribution in [0, 0.1) is 0 Å². The van der Waals surface area contributed by atoms with E-state index in [0.29, 0.717) is 34.8 Å². The van der Waals surface area contributed by atoms with Gasteiger partial charge in [-0.3, -0.25) is 19.3 Å². The number of thiophene rings is 1. The summed E-state index contributed by atoms with van der Waals surface area (Å²) in [6.07, 6.45) is 2.29. The number of hydrogen-bond donors (Lipinski definition) is 3. The number of benzene rings is 4. The van der Waals surface area contributed by atoms with E-state index in [2.05, 4.69) is 48.9 Å². The van der Waals surface area contributed by atoms with E-state index in [4.69, 9.17) is 4.74 Å². The summed E-state index contributed by atoms with van der Waals surface area (Å²) < 4.78 is 5.94. The van der Waals surface area contributed by atoms with Gasteiger partial charge in [0, 0.05) is 45.1 Å². The Balaban J connectivity index is 1.11. The zero-order valence-corrected chi connectivity index (χ0v) is 31.4. The van der Waals surface area contributed by atoms with Crippen molar-refractivity contribution in [2.45, 2.75) is 24.4 Å². The summed E-state index contributed by atoms with van der Waals surface area (Å²) >= 11 is 6.16. The van der Waals surface area contributed by atoms with Crippen molar-refractivity contribution in [3.05, 3.63) is 152 Å². The van der Waals surface area contributed by atoms with Crippen molar-refractivity contribution < 1.29 is 23.9 Å².